The Hall–Kier alpha value is -2.90. The lowest BCUT2D eigenvalue weighted by molar-refractivity contribution is 0.0524. The van der Waals surface area contributed by atoms with Crippen LogP contribution >= 0.6 is 0 Å². The average Bonchev–Trinajstić information content (AvgIpc) is 2.80. The van der Waals surface area contributed by atoms with Crippen LogP contribution in [0, 0.1) is 0 Å². The first-order valence-corrected chi connectivity index (χ1v) is 8.78. The summed E-state index contributed by atoms with van der Waals surface area (Å²) < 4.78 is 5.09. The molecule has 8 heteroatoms. The second-order valence-electron chi connectivity index (χ2n) is 7.52. The third kappa shape index (κ3) is 4.84. The van der Waals surface area contributed by atoms with Crippen molar-refractivity contribution < 1.29 is 23.9 Å². The number of carbonyl (C=O) groups excluding carboxylic acids is 4. The molecule has 0 bridgehead atoms. The van der Waals surface area contributed by atoms with Gasteiger partial charge in [-0.05, 0) is 52.8 Å². The van der Waals surface area contributed by atoms with Gasteiger partial charge in [0.05, 0.1) is 11.1 Å². The molecule has 1 aliphatic rings. The van der Waals surface area contributed by atoms with Crippen LogP contribution in [-0.2, 0) is 4.74 Å². The number of hydrogen-bond donors (Lipinski definition) is 2. The van der Waals surface area contributed by atoms with Crippen molar-refractivity contribution in [2.24, 2.45) is 0 Å². The standard InChI is InChI=1S/C19H25N3O5/c1-11(2)22-16(24)13-7-6-12(10-14(13)17(22)25)15(23)20-8-9-21-18(26)27-19(3,4)5/h6-7,10-11H,8-9H2,1-5H3,(H,20,23)(H,21,26). The third-order valence-electron chi connectivity index (χ3n) is 3.78. The fourth-order valence-corrected chi connectivity index (χ4v) is 2.63. The molecule has 1 aromatic carbocycles. The number of ether oxygens (including phenoxy) is 1. The summed E-state index contributed by atoms with van der Waals surface area (Å²) in [5.41, 5.74) is 0.217. The van der Waals surface area contributed by atoms with Crippen LogP contribution in [0.4, 0.5) is 4.79 Å². The normalized spacial score (nSPS) is 13.6. The highest BCUT2D eigenvalue weighted by atomic mass is 16.6. The zero-order valence-electron chi connectivity index (χ0n) is 16.2. The van der Waals surface area contributed by atoms with E-state index in [1.807, 2.05) is 0 Å². The van der Waals surface area contributed by atoms with E-state index in [4.69, 9.17) is 4.74 Å². The van der Waals surface area contributed by atoms with Gasteiger partial charge >= 0.3 is 6.09 Å². The number of nitrogens with one attached hydrogen (secondary N) is 2. The zero-order chi connectivity index (χ0) is 20.4. The van der Waals surface area contributed by atoms with Gasteiger partial charge in [0.25, 0.3) is 17.7 Å². The van der Waals surface area contributed by atoms with Crippen molar-refractivity contribution in [2.45, 2.75) is 46.3 Å². The van der Waals surface area contributed by atoms with Gasteiger partial charge in [0.2, 0.25) is 0 Å². The summed E-state index contributed by atoms with van der Waals surface area (Å²) in [5.74, 6) is -1.14. The summed E-state index contributed by atoms with van der Waals surface area (Å²) in [6.07, 6.45) is -0.563. The summed E-state index contributed by atoms with van der Waals surface area (Å²) in [5, 5.41) is 5.19. The number of alkyl carbamates (subject to hydrolysis) is 1. The van der Waals surface area contributed by atoms with Crippen molar-refractivity contribution in [2.75, 3.05) is 13.1 Å². The number of fused-ring (bicyclic) bond motifs is 1. The predicted molar refractivity (Wildman–Crippen MR) is 98.6 cm³/mol. The van der Waals surface area contributed by atoms with E-state index in [0.29, 0.717) is 5.56 Å². The fraction of sp³-hybridized carbons (Fsp3) is 0.474. The first-order valence-electron chi connectivity index (χ1n) is 8.78. The Morgan fingerprint density at radius 3 is 2.22 bits per heavy atom. The molecule has 0 unspecified atom stereocenters. The maximum atomic E-state index is 12.4. The van der Waals surface area contributed by atoms with Gasteiger partial charge in [-0.25, -0.2) is 4.79 Å². The largest absolute Gasteiger partial charge is 0.444 e. The molecule has 2 rings (SSSR count). The highest BCUT2D eigenvalue weighted by Gasteiger charge is 2.37. The lowest BCUT2D eigenvalue weighted by atomic mass is 10.1. The molecule has 0 spiro atoms. The fourth-order valence-electron chi connectivity index (χ4n) is 2.63. The van der Waals surface area contributed by atoms with Crippen LogP contribution in [0.2, 0.25) is 0 Å². The van der Waals surface area contributed by atoms with Crippen LogP contribution in [0.3, 0.4) is 0 Å². The molecule has 1 aliphatic heterocycles. The van der Waals surface area contributed by atoms with Gasteiger partial charge in [-0.15, -0.1) is 0 Å². The van der Waals surface area contributed by atoms with Gasteiger partial charge in [-0.3, -0.25) is 19.3 Å². The van der Waals surface area contributed by atoms with Crippen molar-refractivity contribution in [3.63, 3.8) is 0 Å². The smallest absolute Gasteiger partial charge is 0.407 e. The van der Waals surface area contributed by atoms with Crippen molar-refractivity contribution in [3.05, 3.63) is 34.9 Å². The molecule has 8 nitrogen and oxygen atoms in total. The maximum Gasteiger partial charge on any atom is 0.407 e. The van der Waals surface area contributed by atoms with Crippen molar-refractivity contribution in [1.29, 1.82) is 0 Å². The molecule has 0 saturated heterocycles. The van der Waals surface area contributed by atoms with Crippen LogP contribution in [-0.4, -0.2) is 53.4 Å². The number of amides is 4. The van der Waals surface area contributed by atoms with Gasteiger partial charge in [0.15, 0.2) is 0 Å². The summed E-state index contributed by atoms with van der Waals surface area (Å²) in [6.45, 7) is 9.18. The number of imide groups is 1. The maximum absolute atomic E-state index is 12.4. The summed E-state index contributed by atoms with van der Waals surface area (Å²) in [6, 6.07) is 4.17. The summed E-state index contributed by atoms with van der Waals surface area (Å²) >= 11 is 0. The molecule has 0 atom stereocenters. The van der Waals surface area contributed by atoms with E-state index in [9.17, 15) is 19.2 Å². The Kier molecular flexibility index (Phi) is 5.88. The Morgan fingerprint density at radius 2 is 1.63 bits per heavy atom. The lowest BCUT2D eigenvalue weighted by Gasteiger charge is -2.19. The zero-order valence-corrected chi connectivity index (χ0v) is 16.2. The van der Waals surface area contributed by atoms with E-state index in [1.54, 1.807) is 34.6 Å². The number of nitrogens with zero attached hydrogens (tertiary/aromatic N) is 1. The second-order valence-corrected chi connectivity index (χ2v) is 7.52. The highest BCUT2D eigenvalue weighted by molar-refractivity contribution is 6.22. The Labute approximate surface area is 158 Å². The highest BCUT2D eigenvalue weighted by Crippen LogP contribution is 2.25. The van der Waals surface area contributed by atoms with E-state index < -0.39 is 23.5 Å². The molecular formula is C19H25N3O5. The van der Waals surface area contributed by atoms with Crippen LogP contribution in [0.25, 0.3) is 0 Å². The Balaban J connectivity index is 1.93. The number of benzene rings is 1. The van der Waals surface area contributed by atoms with Gasteiger partial charge in [0.1, 0.15) is 5.60 Å². The minimum absolute atomic E-state index is 0.195. The van der Waals surface area contributed by atoms with Crippen LogP contribution < -0.4 is 10.6 Å². The predicted octanol–water partition coefficient (Wildman–Crippen LogP) is 1.95. The molecule has 0 aromatic heterocycles. The van der Waals surface area contributed by atoms with Crippen molar-refractivity contribution >= 4 is 23.8 Å². The summed E-state index contributed by atoms with van der Waals surface area (Å²) in [4.78, 5) is 49.6. The van der Waals surface area contributed by atoms with Gasteiger partial charge < -0.3 is 15.4 Å². The Bertz CT molecular complexity index is 780. The molecule has 0 fully saturated rings. The average molecular weight is 375 g/mol. The van der Waals surface area contributed by atoms with Crippen LogP contribution in [0.1, 0.15) is 65.7 Å². The minimum atomic E-state index is -0.592. The molecule has 146 valence electrons. The van der Waals surface area contributed by atoms with Gasteiger partial charge in [0, 0.05) is 24.7 Å². The second kappa shape index (κ2) is 7.77. The van der Waals surface area contributed by atoms with Gasteiger partial charge in [-0.1, -0.05) is 0 Å². The number of rotatable bonds is 5. The number of carbonyl (C=O) groups is 4. The van der Waals surface area contributed by atoms with E-state index in [1.165, 1.54) is 23.1 Å². The summed E-state index contributed by atoms with van der Waals surface area (Å²) in [7, 11) is 0. The van der Waals surface area contributed by atoms with E-state index >= 15 is 0 Å². The first-order chi connectivity index (χ1) is 12.5. The molecule has 27 heavy (non-hydrogen) atoms. The lowest BCUT2D eigenvalue weighted by Crippen LogP contribution is -2.37. The molecule has 1 aromatic rings. The number of hydrogen-bond acceptors (Lipinski definition) is 5. The quantitative estimate of drug-likeness (QED) is 0.604. The van der Waals surface area contributed by atoms with Crippen LogP contribution in [0.15, 0.2) is 18.2 Å². The molecule has 0 saturated carbocycles. The Morgan fingerprint density at radius 1 is 1.04 bits per heavy atom. The van der Waals surface area contributed by atoms with E-state index in [-0.39, 0.29) is 36.2 Å². The van der Waals surface area contributed by atoms with E-state index in [2.05, 4.69) is 10.6 Å². The SMILES string of the molecule is CC(C)N1C(=O)c2ccc(C(=O)NCCNC(=O)OC(C)(C)C)cc2C1=O. The molecule has 0 aliphatic carbocycles. The molecule has 1 heterocycles. The molecule has 4 amide bonds. The van der Waals surface area contributed by atoms with Crippen molar-refractivity contribution in [1.82, 2.24) is 15.5 Å². The third-order valence-corrected chi connectivity index (χ3v) is 3.78. The molecule has 0 radical (unpaired) electrons. The monoisotopic (exact) mass is 375 g/mol. The molecular weight excluding hydrogens is 350 g/mol. The van der Waals surface area contributed by atoms with Crippen molar-refractivity contribution in [3.8, 4) is 0 Å². The van der Waals surface area contributed by atoms with Gasteiger partial charge in [-0.2, -0.15) is 0 Å². The van der Waals surface area contributed by atoms with Crippen LogP contribution in [0.5, 0.6) is 0 Å². The molecule has 2 N–H and O–H groups in total. The first kappa shape index (κ1) is 20.4. The topological polar surface area (TPSA) is 105 Å². The van der Waals surface area contributed by atoms with E-state index in [0.717, 1.165) is 0 Å². The minimum Gasteiger partial charge on any atom is -0.444 e.